The second-order valence-corrected chi connectivity index (χ2v) is 5.89. The number of hydrogen-bond donors (Lipinski definition) is 0. The topological polar surface area (TPSA) is 52.6 Å². The molecule has 0 fully saturated rings. The molecule has 1 unspecified atom stereocenters. The molecule has 116 valence electrons. The molecule has 4 heteroatoms. The second kappa shape index (κ2) is 8.45. The third-order valence-corrected chi connectivity index (χ3v) is 2.73. The van der Waals surface area contributed by atoms with Gasteiger partial charge in [-0.05, 0) is 11.8 Å². The van der Waals surface area contributed by atoms with Crippen molar-refractivity contribution in [2.24, 2.45) is 17.8 Å². The summed E-state index contributed by atoms with van der Waals surface area (Å²) in [4.78, 5) is 24.3. The highest BCUT2D eigenvalue weighted by Crippen LogP contribution is 2.20. The first-order valence-corrected chi connectivity index (χ1v) is 7.30. The summed E-state index contributed by atoms with van der Waals surface area (Å²) in [5, 5.41) is 0. The number of rotatable bonds is 6. The summed E-state index contributed by atoms with van der Waals surface area (Å²) in [5.41, 5.74) is 0.314. The maximum Gasteiger partial charge on any atom is 0.335 e. The van der Waals surface area contributed by atoms with E-state index in [4.69, 9.17) is 9.47 Å². The van der Waals surface area contributed by atoms with Gasteiger partial charge in [-0.15, -0.1) is 0 Å². The van der Waals surface area contributed by atoms with E-state index in [0.29, 0.717) is 18.8 Å². The molecule has 0 aliphatic heterocycles. The Hall–Kier alpha value is -1.84. The minimum absolute atomic E-state index is 0.248. The minimum atomic E-state index is -0.710. The molecule has 0 saturated carbocycles. The van der Waals surface area contributed by atoms with Gasteiger partial charge in [-0.3, -0.25) is 4.79 Å². The first-order valence-electron chi connectivity index (χ1n) is 7.30. The van der Waals surface area contributed by atoms with Crippen molar-refractivity contribution in [2.75, 3.05) is 13.2 Å². The van der Waals surface area contributed by atoms with Gasteiger partial charge in [0.25, 0.3) is 0 Å². The van der Waals surface area contributed by atoms with Crippen LogP contribution in [-0.2, 0) is 19.1 Å². The average molecular weight is 292 g/mol. The molecule has 0 spiro atoms. The fourth-order valence-corrected chi connectivity index (χ4v) is 1.67. The Morgan fingerprint density at radius 2 is 1.62 bits per heavy atom. The Morgan fingerprint density at radius 3 is 2.24 bits per heavy atom. The molecule has 0 amide bonds. The van der Waals surface area contributed by atoms with Gasteiger partial charge in [0.15, 0.2) is 0 Å². The van der Waals surface area contributed by atoms with Gasteiger partial charge in [-0.2, -0.15) is 0 Å². The number of carbonyl (C=O) groups excluding carboxylic acids is 2. The van der Waals surface area contributed by atoms with Crippen LogP contribution < -0.4 is 0 Å². The van der Waals surface area contributed by atoms with E-state index in [1.807, 2.05) is 27.7 Å². The molecule has 1 aliphatic carbocycles. The number of hydrogen-bond acceptors (Lipinski definition) is 4. The lowest BCUT2D eigenvalue weighted by molar-refractivity contribution is -0.150. The Balaban J connectivity index is 2.79. The summed E-state index contributed by atoms with van der Waals surface area (Å²) < 4.78 is 10.5. The Labute approximate surface area is 126 Å². The second-order valence-electron chi connectivity index (χ2n) is 5.89. The maximum absolute atomic E-state index is 12.2. The van der Waals surface area contributed by atoms with E-state index >= 15 is 0 Å². The van der Waals surface area contributed by atoms with Crippen molar-refractivity contribution < 1.29 is 19.1 Å². The molecule has 0 bridgehead atoms. The van der Waals surface area contributed by atoms with Gasteiger partial charge in [0.1, 0.15) is 5.92 Å². The number of allylic oxidation sites excluding steroid dienone is 4. The summed E-state index contributed by atoms with van der Waals surface area (Å²) in [7, 11) is 0. The van der Waals surface area contributed by atoms with Crippen LogP contribution in [0.3, 0.4) is 0 Å². The molecule has 0 aromatic heterocycles. The summed E-state index contributed by atoms with van der Waals surface area (Å²) in [6.07, 6.45) is 8.50. The molecular weight excluding hydrogens is 268 g/mol. The molecule has 4 nitrogen and oxygen atoms in total. The lowest BCUT2D eigenvalue weighted by atomic mass is 9.99. The summed E-state index contributed by atoms with van der Waals surface area (Å²) in [6.45, 7) is 8.52. The zero-order valence-corrected chi connectivity index (χ0v) is 13.2. The molecule has 0 heterocycles. The molecule has 1 atom stereocenters. The molecule has 21 heavy (non-hydrogen) atoms. The van der Waals surface area contributed by atoms with Crippen molar-refractivity contribution >= 4 is 11.9 Å². The van der Waals surface area contributed by atoms with E-state index in [9.17, 15) is 9.59 Å². The maximum atomic E-state index is 12.2. The number of ether oxygens (including phenoxy) is 2. The van der Waals surface area contributed by atoms with Crippen molar-refractivity contribution in [1.29, 1.82) is 0 Å². The third kappa shape index (κ3) is 5.98. The standard InChI is InChI=1S/C17H24O4/c1-12(2)10-20-16(18)14-8-6-5-7-9-15(14)17(19)21-11-13(3)4/h5-9,12-14H,10-11H2,1-4H3. The smallest absolute Gasteiger partial charge is 0.335 e. The van der Waals surface area contributed by atoms with E-state index in [-0.39, 0.29) is 11.8 Å². The Morgan fingerprint density at radius 1 is 1.00 bits per heavy atom. The molecule has 1 rings (SSSR count). The molecular formula is C17H24O4. The normalized spacial score (nSPS) is 17.6. The fraction of sp³-hybridized carbons (Fsp3) is 0.529. The highest BCUT2D eigenvalue weighted by atomic mass is 16.5. The van der Waals surface area contributed by atoms with Crippen molar-refractivity contribution in [2.45, 2.75) is 27.7 Å². The van der Waals surface area contributed by atoms with Gasteiger partial charge in [-0.25, -0.2) is 4.79 Å². The molecule has 0 aromatic carbocycles. The van der Waals surface area contributed by atoms with Crippen LogP contribution in [0.2, 0.25) is 0 Å². The van der Waals surface area contributed by atoms with Crippen molar-refractivity contribution in [3.05, 3.63) is 36.0 Å². The van der Waals surface area contributed by atoms with Crippen LogP contribution in [0.1, 0.15) is 27.7 Å². The van der Waals surface area contributed by atoms with Crippen molar-refractivity contribution in [3.8, 4) is 0 Å². The van der Waals surface area contributed by atoms with Gasteiger partial charge in [-0.1, -0.05) is 58.1 Å². The molecule has 0 aromatic rings. The SMILES string of the molecule is CC(C)COC(=O)C1=CC=CC=CC1C(=O)OCC(C)C. The zero-order chi connectivity index (χ0) is 15.8. The Bertz CT molecular complexity index is 455. The van der Waals surface area contributed by atoms with Crippen LogP contribution in [-0.4, -0.2) is 25.2 Å². The molecule has 0 saturated heterocycles. The van der Waals surface area contributed by atoms with E-state index in [2.05, 4.69) is 0 Å². The van der Waals surface area contributed by atoms with Gasteiger partial charge in [0.05, 0.1) is 18.8 Å². The predicted molar refractivity (Wildman–Crippen MR) is 81.4 cm³/mol. The molecule has 0 N–H and O–H groups in total. The van der Waals surface area contributed by atoms with Crippen molar-refractivity contribution in [1.82, 2.24) is 0 Å². The van der Waals surface area contributed by atoms with Crippen LogP contribution >= 0.6 is 0 Å². The molecule has 0 radical (unpaired) electrons. The van der Waals surface area contributed by atoms with Crippen LogP contribution in [0.25, 0.3) is 0 Å². The average Bonchev–Trinajstić information content (AvgIpc) is 2.67. The van der Waals surface area contributed by atoms with E-state index in [1.165, 1.54) is 0 Å². The van der Waals surface area contributed by atoms with Gasteiger partial charge in [0, 0.05) is 0 Å². The van der Waals surface area contributed by atoms with E-state index in [0.717, 1.165) is 0 Å². The van der Waals surface area contributed by atoms with Crippen molar-refractivity contribution in [3.63, 3.8) is 0 Å². The lowest BCUT2D eigenvalue weighted by Crippen LogP contribution is -2.25. The van der Waals surface area contributed by atoms with Gasteiger partial charge < -0.3 is 9.47 Å². The quantitative estimate of drug-likeness (QED) is 0.706. The monoisotopic (exact) mass is 292 g/mol. The van der Waals surface area contributed by atoms with Crippen LogP contribution in [0.4, 0.5) is 0 Å². The summed E-state index contributed by atoms with van der Waals surface area (Å²) >= 11 is 0. The summed E-state index contributed by atoms with van der Waals surface area (Å²) in [5.74, 6) is -1.10. The first-order chi connectivity index (χ1) is 9.91. The molecule has 1 aliphatic rings. The fourth-order valence-electron chi connectivity index (χ4n) is 1.67. The first kappa shape index (κ1) is 17.2. The Kier molecular flexibility index (Phi) is 6.92. The number of esters is 2. The largest absolute Gasteiger partial charge is 0.465 e. The van der Waals surface area contributed by atoms with E-state index in [1.54, 1.807) is 30.4 Å². The van der Waals surface area contributed by atoms with Crippen LogP contribution in [0, 0.1) is 17.8 Å². The van der Waals surface area contributed by atoms with Gasteiger partial charge in [0.2, 0.25) is 0 Å². The minimum Gasteiger partial charge on any atom is -0.465 e. The van der Waals surface area contributed by atoms with E-state index < -0.39 is 17.9 Å². The summed E-state index contributed by atoms with van der Waals surface area (Å²) in [6, 6.07) is 0. The zero-order valence-electron chi connectivity index (χ0n) is 13.2. The highest BCUT2D eigenvalue weighted by Gasteiger charge is 2.28. The van der Waals surface area contributed by atoms with Crippen LogP contribution in [0.5, 0.6) is 0 Å². The highest BCUT2D eigenvalue weighted by molar-refractivity contribution is 5.97. The lowest BCUT2D eigenvalue weighted by Gasteiger charge is -2.16. The predicted octanol–water partition coefficient (Wildman–Crippen LogP) is 3.05. The number of carbonyl (C=O) groups is 2. The third-order valence-electron chi connectivity index (χ3n) is 2.73. The van der Waals surface area contributed by atoms with Crippen LogP contribution in [0.15, 0.2) is 36.0 Å². The van der Waals surface area contributed by atoms with Gasteiger partial charge >= 0.3 is 11.9 Å².